The number of hydrogen-bond acceptors (Lipinski definition) is 22. The van der Waals surface area contributed by atoms with Gasteiger partial charge in [-0.2, -0.15) is 88.7 Å². The van der Waals surface area contributed by atoms with Crippen LogP contribution in [0.2, 0.25) is 5.02 Å². The summed E-state index contributed by atoms with van der Waals surface area (Å²) in [4.78, 5) is 55.4. The molecule has 730 valence electrons. The summed E-state index contributed by atoms with van der Waals surface area (Å²) < 4.78 is 307. The van der Waals surface area contributed by atoms with Crippen LogP contribution in [-0.2, 0) is 30.9 Å². The van der Waals surface area contributed by atoms with Crippen molar-refractivity contribution in [1.82, 2.24) is 91.8 Å². The van der Waals surface area contributed by atoms with Crippen LogP contribution in [0.15, 0.2) is 299 Å². The Morgan fingerprint density at radius 2 is 0.549 bits per heavy atom. The van der Waals surface area contributed by atoms with Crippen molar-refractivity contribution in [2.24, 2.45) is 0 Å². The largest absolute Gasteiger partial charge is 0.435 e. The third kappa shape index (κ3) is 23.4. The first-order chi connectivity index (χ1) is 68.7. The molecule has 0 bridgehead atoms. The second-order valence-corrected chi connectivity index (χ2v) is 30.0. The summed E-state index contributed by atoms with van der Waals surface area (Å²) in [5, 5.41) is 23.0. The van der Waals surface area contributed by atoms with Gasteiger partial charge in [-0.3, -0.25) is 41.9 Å². The van der Waals surface area contributed by atoms with Crippen LogP contribution in [0.25, 0.3) is 85.2 Å². The summed E-state index contributed by atoms with van der Waals surface area (Å²) in [6, 6.07) is 54.7. The van der Waals surface area contributed by atoms with E-state index in [1.165, 1.54) is 206 Å². The lowest BCUT2D eigenvalue weighted by atomic mass is 10.2. The minimum absolute atomic E-state index is 0.0159. The Morgan fingerprint density at radius 1 is 0.278 bits per heavy atom. The highest BCUT2D eigenvalue weighted by Crippen LogP contribution is 2.44. The Bertz CT molecular complexity index is 7680. The highest BCUT2D eigenvalue weighted by Gasteiger charge is 2.44. The number of nitrogens with one attached hydrogen (secondary N) is 5. The Hall–Kier alpha value is -18.1. The number of fused-ring (bicyclic) bond motifs is 5. The molecule has 0 atom stereocenters. The zero-order valence-electron chi connectivity index (χ0n) is 71.9. The van der Waals surface area contributed by atoms with Gasteiger partial charge < -0.3 is 36.1 Å². The standard InChI is InChI=1S/C20H13F5N4O.C19H12F5N5O.C19H11F3N6.C18H10ClF4N5.C18H10F5N5/c21-19(22)30-13-9-7-12(8-10-13)26-15-5-3-4-14(27-15)17-18(20(23,24)25)28-16-6-1-2-11-29(16)17;20-18(21)30-12-6-4-11(5-7-12)26-14-10-25-9-13(27-14)16-17(19(22,23)24)28-15-3-1-2-8-29(15)16;20-19(21,22)18-17(28-8-2-1-3-16(28)27-18)14-10-24-11-15(26-14)25-13-6-4-12(9-23)5-7-13;2*19-11-5-4-10(7-12(11)20)25-14-9-24-8-13(26-14)16-17(18(21,22)23)27-15-3-1-2-6-28(15)16/h1-11,19H,(H,26,27);1-10,18H,(H,26,27);1-8,10-11H,(H,25,26);2*1-9H,(H,25,26). The topological polar surface area (TPSA) is 305 Å². The van der Waals surface area contributed by atoms with Crippen LogP contribution in [-0.4, -0.2) is 105 Å². The van der Waals surface area contributed by atoms with Crippen molar-refractivity contribution in [3.8, 4) is 74.5 Å². The molecule has 0 aliphatic carbocycles. The number of imidazole rings is 5. The zero-order valence-corrected chi connectivity index (χ0v) is 72.7. The average Bonchev–Trinajstić information content (AvgIpc) is 1.63. The summed E-state index contributed by atoms with van der Waals surface area (Å²) in [5.74, 6) is -1.89. The number of pyridine rings is 6. The molecule has 20 aromatic rings. The van der Waals surface area contributed by atoms with Crippen LogP contribution in [0.5, 0.6) is 11.5 Å². The fraction of sp³-hybridized carbons (Fsp3) is 0.0745. The first-order valence-corrected chi connectivity index (χ1v) is 41.4. The van der Waals surface area contributed by atoms with Crippen molar-refractivity contribution in [3.63, 3.8) is 0 Å². The number of aromatic nitrogens is 19. The molecule has 0 saturated carbocycles. The Kier molecular flexibility index (Phi) is 28.5. The van der Waals surface area contributed by atoms with E-state index in [1.807, 2.05) is 6.07 Å². The van der Waals surface area contributed by atoms with Crippen LogP contribution >= 0.6 is 11.6 Å². The maximum absolute atomic E-state index is 13.6. The molecule has 27 nitrogen and oxygen atoms in total. The van der Waals surface area contributed by atoms with Gasteiger partial charge in [0.1, 0.15) is 126 Å². The Balaban J connectivity index is 0.000000129. The molecule has 20 rings (SSSR count). The predicted molar refractivity (Wildman–Crippen MR) is 480 cm³/mol. The van der Waals surface area contributed by atoms with Gasteiger partial charge in [-0.05, 0) is 176 Å². The molecule has 144 heavy (non-hydrogen) atoms. The number of nitrogens with zero attached hydrogens (tertiary/aromatic N) is 20. The van der Waals surface area contributed by atoms with Crippen molar-refractivity contribution in [3.05, 3.63) is 355 Å². The van der Waals surface area contributed by atoms with Gasteiger partial charge in [-0.1, -0.05) is 48.0 Å². The normalized spacial score (nSPS) is 11.7. The molecule has 5 aromatic carbocycles. The Morgan fingerprint density at radius 3 is 0.840 bits per heavy atom. The SMILES string of the molecule is FC(F)Oc1ccc(Nc2cccc(-c3c(C(F)(F)F)nc4ccccn34)n2)cc1.FC(F)Oc1ccc(Nc2cncc(-c3c(C(F)(F)F)nc4ccccn34)n2)cc1.Fc1cc(Nc2cncc(-c3c(C(F)(F)F)nc4ccccn34)n2)ccc1Cl.Fc1ccc(Nc2cncc(-c3c(C(F)(F)F)nc4ccccn34)n2)cc1F.N#Cc1ccc(Nc2cncc(-c3c(C(F)(F)F)nc4ccccn34)n2)cc1. The summed E-state index contributed by atoms with van der Waals surface area (Å²) in [5.41, 5.74) is -3.25. The summed E-state index contributed by atoms with van der Waals surface area (Å²) in [6.45, 7) is -5.88. The van der Waals surface area contributed by atoms with Crippen molar-refractivity contribution in [2.45, 2.75) is 44.1 Å². The lowest BCUT2D eigenvalue weighted by Gasteiger charge is -2.11. The highest BCUT2D eigenvalue weighted by molar-refractivity contribution is 6.30. The Labute approximate surface area is 797 Å². The maximum Gasteiger partial charge on any atom is 0.435 e. The average molecular weight is 2020 g/mol. The van der Waals surface area contributed by atoms with Gasteiger partial charge in [0, 0.05) is 65.5 Å². The quantitative estimate of drug-likeness (QED) is 0.0470. The van der Waals surface area contributed by atoms with E-state index in [4.69, 9.17) is 16.9 Å². The first kappa shape index (κ1) is 98.9. The van der Waals surface area contributed by atoms with E-state index >= 15 is 0 Å². The van der Waals surface area contributed by atoms with Gasteiger partial charge in [0.2, 0.25) is 0 Å². The predicted octanol–water partition coefficient (Wildman–Crippen LogP) is 25.5. The number of hydrogen-bond donors (Lipinski definition) is 5. The molecular formula is C94H56ClF22N25O2. The molecule has 0 unspecified atom stereocenters. The van der Waals surface area contributed by atoms with Crippen LogP contribution < -0.4 is 36.1 Å². The molecule has 50 heteroatoms. The minimum atomic E-state index is -4.70. The van der Waals surface area contributed by atoms with Gasteiger partial charge in [0.25, 0.3) is 0 Å². The van der Waals surface area contributed by atoms with Gasteiger partial charge in [0.15, 0.2) is 40.1 Å². The third-order valence-electron chi connectivity index (χ3n) is 19.9. The van der Waals surface area contributed by atoms with Crippen LogP contribution in [0.1, 0.15) is 34.0 Å². The molecule has 0 aliphatic heterocycles. The molecule has 0 saturated heterocycles. The summed E-state index contributed by atoms with van der Waals surface area (Å²) in [7, 11) is 0. The van der Waals surface area contributed by atoms with Gasteiger partial charge in [-0.15, -0.1) is 0 Å². The summed E-state index contributed by atoms with van der Waals surface area (Å²) in [6.07, 6.45) is -5.91. The minimum Gasteiger partial charge on any atom is -0.435 e. The van der Waals surface area contributed by atoms with E-state index in [0.29, 0.717) is 28.3 Å². The second-order valence-electron chi connectivity index (χ2n) is 29.6. The van der Waals surface area contributed by atoms with Crippen molar-refractivity contribution >= 4 is 97.4 Å². The molecule has 15 heterocycles. The van der Waals surface area contributed by atoms with Crippen LogP contribution in [0.3, 0.4) is 0 Å². The smallest absolute Gasteiger partial charge is 0.435 e. The molecule has 0 fully saturated rings. The van der Waals surface area contributed by atoms with Crippen molar-refractivity contribution in [1.29, 1.82) is 5.26 Å². The van der Waals surface area contributed by atoms with Crippen LogP contribution in [0, 0.1) is 28.8 Å². The molecule has 15 aromatic heterocycles. The fourth-order valence-corrected chi connectivity index (χ4v) is 14.1. The lowest BCUT2D eigenvalue weighted by Crippen LogP contribution is -2.09. The number of benzene rings is 5. The number of rotatable bonds is 19. The van der Waals surface area contributed by atoms with Gasteiger partial charge in [0.05, 0.1) is 71.9 Å². The van der Waals surface area contributed by atoms with E-state index in [-0.39, 0.29) is 136 Å². The third-order valence-corrected chi connectivity index (χ3v) is 20.2. The monoisotopic (exact) mass is 2020 g/mol. The van der Waals surface area contributed by atoms with E-state index < -0.39 is 90.0 Å². The number of halogens is 23. The van der Waals surface area contributed by atoms with Crippen molar-refractivity contribution < 1.29 is 106 Å². The maximum atomic E-state index is 13.6. The first-order valence-electron chi connectivity index (χ1n) is 41.1. The molecule has 0 aliphatic rings. The summed E-state index contributed by atoms with van der Waals surface area (Å²) >= 11 is 5.65. The lowest BCUT2D eigenvalue weighted by molar-refractivity contribution is -0.141. The molecule has 0 amide bonds. The number of anilines is 10. The molecule has 5 N–H and O–H groups in total. The van der Waals surface area contributed by atoms with Gasteiger partial charge in [-0.25, -0.2) is 63.0 Å². The number of ether oxygens (including phenoxy) is 2. The van der Waals surface area contributed by atoms with E-state index in [9.17, 15) is 96.6 Å². The van der Waals surface area contributed by atoms with E-state index in [2.05, 4.69) is 106 Å². The van der Waals surface area contributed by atoms with Crippen molar-refractivity contribution in [2.75, 3.05) is 26.6 Å². The van der Waals surface area contributed by atoms with E-state index in [0.717, 1.165) is 18.2 Å². The number of nitriles is 1. The number of alkyl halides is 19. The van der Waals surface area contributed by atoms with Gasteiger partial charge >= 0.3 is 44.1 Å². The zero-order chi connectivity index (χ0) is 102. The van der Waals surface area contributed by atoms with Crippen LogP contribution in [0.4, 0.5) is 154 Å². The van der Waals surface area contributed by atoms with E-state index in [1.54, 1.807) is 97.1 Å². The fourth-order valence-electron chi connectivity index (χ4n) is 13.9. The molecule has 0 radical (unpaired) electrons. The second kappa shape index (κ2) is 41.5. The highest BCUT2D eigenvalue weighted by atomic mass is 35.5. The molecule has 0 spiro atoms. The molecular weight excluding hydrogens is 1960 g/mol.